The number of carboxylic acids is 1. The molecule has 0 saturated carbocycles. The Labute approximate surface area is 99.4 Å². The number of aromatic nitrogens is 1. The van der Waals surface area contributed by atoms with Crippen LogP contribution >= 0.6 is 0 Å². The Kier molecular flexibility index (Phi) is 3.58. The molecular weight excluding hydrogens is 222 g/mol. The molecule has 1 aliphatic heterocycles. The van der Waals surface area contributed by atoms with Gasteiger partial charge < -0.3 is 14.6 Å². The largest absolute Gasteiger partial charge is 0.477 e. The number of rotatable bonds is 4. The van der Waals surface area contributed by atoms with Gasteiger partial charge in [0.2, 0.25) is 5.88 Å². The van der Waals surface area contributed by atoms with Gasteiger partial charge in [0.1, 0.15) is 12.2 Å². The number of aryl methyl sites for hydroxylation is 1. The lowest BCUT2D eigenvalue weighted by Crippen LogP contribution is -2.18. The fourth-order valence-corrected chi connectivity index (χ4v) is 1.75. The summed E-state index contributed by atoms with van der Waals surface area (Å²) in [5.41, 5.74) is 0.825. The second kappa shape index (κ2) is 5.14. The highest BCUT2D eigenvalue weighted by molar-refractivity contribution is 5.90. The molecule has 0 radical (unpaired) electrons. The first-order valence-electron chi connectivity index (χ1n) is 5.62. The minimum atomic E-state index is -1.03. The number of pyridine rings is 1. The minimum absolute atomic E-state index is 0.0546. The van der Waals surface area contributed by atoms with Crippen LogP contribution < -0.4 is 4.74 Å². The summed E-state index contributed by atoms with van der Waals surface area (Å²) in [5, 5.41) is 9.00. The summed E-state index contributed by atoms with van der Waals surface area (Å²) in [6.07, 6.45) is 2.04. The summed E-state index contributed by atoms with van der Waals surface area (Å²) < 4.78 is 10.9. The predicted octanol–water partition coefficient (Wildman–Crippen LogP) is 1.65. The van der Waals surface area contributed by atoms with E-state index in [0.29, 0.717) is 6.61 Å². The third-order valence-electron chi connectivity index (χ3n) is 2.66. The second-order valence-corrected chi connectivity index (χ2v) is 4.06. The molecule has 0 unspecified atom stereocenters. The summed E-state index contributed by atoms with van der Waals surface area (Å²) >= 11 is 0. The molecule has 0 aromatic carbocycles. The monoisotopic (exact) mass is 237 g/mol. The van der Waals surface area contributed by atoms with Crippen molar-refractivity contribution in [2.45, 2.75) is 25.9 Å². The van der Waals surface area contributed by atoms with Crippen molar-refractivity contribution in [2.24, 2.45) is 0 Å². The summed E-state index contributed by atoms with van der Waals surface area (Å²) in [6, 6.07) is 3.16. The normalized spacial score (nSPS) is 19.2. The highest BCUT2D eigenvalue weighted by Gasteiger charge is 2.19. The van der Waals surface area contributed by atoms with Crippen LogP contribution in [0.2, 0.25) is 0 Å². The lowest BCUT2D eigenvalue weighted by atomic mass is 10.2. The van der Waals surface area contributed by atoms with Gasteiger partial charge in [-0.2, -0.15) is 0 Å². The van der Waals surface area contributed by atoms with Crippen molar-refractivity contribution < 1.29 is 19.4 Å². The number of carbonyl (C=O) groups is 1. The Morgan fingerprint density at radius 1 is 1.65 bits per heavy atom. The molecule has 1 aliphatic rings. The first-order valence-corrected chi connectivity index (χ1v) is 5.62. The molecule has 2 rings (SSSR count). The van der Waals surface area contributed by atoms with Gasteiger partial charge in [-0.25, -0.2) is 9.78 Å². The van der Waals surface area contributed by atoms with Gasteiger partial charge in [-0.15, -0.1) is 0 Å². The topological polar surface area (TPSA) is 68.7 Å². The number of ether oxygens (including phenoxy) is 2. The maximum absolute atomic E-state index is 11.0. The number of carboxylic acid groups (broad SMARTS) is 1. The average molecular weight is 237 g/mol. The highest BCUT2D eigenvalue weighted by atomic mass is 16.5. The van der Waals surface area contributed by atoms with Gasteiger partial charge >= 0.3 is 5.97 Å². The molecule has 0 bridgehead atoms. The summed E-state index contributed by atoms with van der Waals surface area (Å²) in [6.45, 7) is 2.91. The van der Waals surface area contributed by atoms with Gasteiger partial charge in [-0.3, -0.25) is 0 Å². The second-order valence-electron chi connectivity index (χ2n) is 4.06. The molecule has 1 aromatic rings. The van der Waals surface area contributed by atoms with Gasteiger partial charge in [0.05, 0.1) is 6.10 Å². The van der Waals surface area contributed by atoms with Crippen molar-refractivity contribution in [1.82, 2.24) is 4.98 Å². The van der Waals surface area contributed by atoms with E-state index < -0.39 is 5.97 Å². The van der Waals surface area contributed by atoms with Gasteiger partial charge in [-0.05, 0) is 31.9 Å². The number of nitrogens with zero attached hydrogens (tertiary/aromatic N) is 1. The van der Waals surface area contributed by atoms with Crippen molar-refractivity contribution in [3.8, 4) is 5.88 Å². The fraction of sp³-hybridized carbons (Fsp3) is 0.500. The molecule has 92 valence electrons. The molecule has 2 heterocycles. The molecular formula is C12H15NO4. The standard InChI is InChI=1S/C12H15NO4/c1-8-4-5-10(12(14)15)11(13-8)17-7-9-3-2-6-16-9/h4-5,9H,2-3,6-7H2,1H3,(H,14,15)/t9-/m0/s1. The molecule has 1 fully saturated rings. The number of aromatic carboxylic acids is 1. The molecule has 5 nitrogen and oxygen atoms in total. The van der Waals surface area contributed by atoms with Gasteiger partial charge in [-0.1, -0.05) is 0 Å². The predicted molar refractivity (Wildman–Crippen MR) is 60.4 cm³/mol. The Morgan fingerprint density at radius 2 is 2.47 bits per heavy atom. The van der Waals surface area contributed by atoms with Gasteiger partial charge in [0.15, 0.2) is 0 Å². The van der Waals surface area contributed by atoms with Crippen LogP contribution in [0.5, 0.6) is 5.88 Å². The van der Waals surface area contributed by atoms with Crippen LogP contribution in [-0.2, 0) is 4.74 Å². The van der Waals surface area contributed by atoms with Gasteiger partial charge in [0, 0.05) is 12.3 Å². The molecule has 1 N–H and O–H groups in total. The molecule has 17 heavy (non-hydrogen) atoms. The highest BCUT2D eigenvalue weighted by Crippen LogP contribution is 2.18. The van der Waals surface area contributed by atoms with Gasteiger partial charge in [0.25, 0.3) is 0 Å². The fourth-order valence-electron chi connectivity index (χ4n) is 1.75. The van der Waals surface area contributed by atoms with Crippen LogP contribution in [0.15, 0.2) is 12.1 Å². The Balaban J connectivity index is 2.07. The van der Waals surface area contributed by atoms with Crippen LogP contribution in [0.3, 0.4) is 0 Å². The van der Waals surface area contributed by atoms with Crippen molar-refractivity contribution in [2.75, 3.05) is 13.2 Å². The first kappa shape index (κ1) is 11.9. The van der Waals surface area contributed by atoms with E-state index in [4.69, 9.17) is 14.6 Å². The lowest BCUT2D eigenvalue weighted by molar-refractivity contribution is 0.0616. The Bertz CT molecular complexity index is 413. The lowest BCUT2D eigenvalue weighted by Gasteiger charge is -2.12. The molecule has 5 heteroatoms. The molecule has 1 aromatic heterocycles. The molecule has 0 spiro atoms. The summed E-state index contributed by atoms with van der Waals surface area (Å²) in [7, 11) is 0. The number of hydrogen-bond acceptors (Lipinski definition) is 4. The zero-order valence-electron chi connectivity index (χ0n) is 9.68. The van der Waals surface area contributed by atoms with E-state index in [-0.39, 0.29) is 17.5 Å². The molecule has 0 aliphatic carbocycles. The van der Waals surface area contributed by atoms with E-state index >= 15 is 0 Å². The van der Waals surface area contributed by atoms with E-state index in [9.17, 15) is 4.79 Å². The van der Waals surface area contributed by atoms with E-state index in [2.05, 4.69) is 4.98 Å². The first-order chi connectivity index (χ1) is 8.16. The van der Waals surface area contributed by atoms with E-state index in [0.717, 1.165) is 25.1 Å². The van der Waals surface area contributed by atoms with Crippen LogP contribution in [0.1, 0.15) is 28.9 Å². The van der Waals surface area contributed by atoms with E-state index in [1.165, 1.54) is 6.07 Å². The van der Waals surface area contributed by atoms with Crippen LogP contribution in [0.4, 0.5) is 0 Å². The third-order valence-corrected chi connectivity index (χ3v) is 2.66. The maximum atomic E-state index is 11.0. The zero-order chi connectivity index (χ0) is 12.3. The van der Waals surface area contributed by atoms with Crippen molar-refractivity contribution >= 4 is 5.97 Å². The van der Waals surface area contributed by atoms with Crippen LogP contribution in [0, 0.1) is 6.92 Å². The summed E-state index contributed by atoms with van der Waals surface area (Å²) in [5.74, 6) is -0.854. The number of hydrogen-bond donors (Lipinski definition) is 1. The van der Waals surface area contributed by atoms with Crippen molar-refractivity contribution in [1.29, 1.82) is 0 Å². The van der Waals surface area contributed by atoms with Crippen molar-refractivity contribution in [3.05, 3.63) is 23.4 Å². The van der Waals surface area contributed by atoms with Crippen LogP contribution in [0.25, 0.3) is 0 Å². The molecule has 1 saturated heterocycles. The minimum Gasteiger partial charge on any atom is -0.477 e. The maximum Gasteiger partial charge on any atom is 0.341 e. The van der Waals surface area contributed by atoms with E-state index in [1.54, 1.807) is 13.0 Å². The van der Waals surface area contributed by atoms with Crippen molar-refractivity contribution in [3.63, 3.8) is 0 Å². The zero-order valence-corrected chi connectivity index (χ0v) is 9.68. The smallest absolute Gasteiger partial charge is 0.341 e. The van der Waals surface area contributed by atoms with E-state index in [1.807, 2.05) is 0 Å². The Hall–Kier alpha value is -1.62. The molecule has 1 atom stereocenters. The Morgan fingerprint density at radius 3 is 3.12 bits per heavy atom. The quantitative estimate of drug-likeness (QED) is 0.862. The summed E-state index contributed by atoms with van der Waals surface area (Å²) in [4.78, 5) is 15.1. The molecule has 0 amide bonds. The van der Waals surface area contributed by atoms with Crippen LogP contribution in [-0.4, -0.2) is 35.4 Å². The average Bonchev–Trinajstić information content (AvgIpc) is 2.78. The SMILES string of the molecule is Cc1ccc(C(=O)O)c(OC[C@@H]2CCCO2)n1. The third kappa shape index (κ3) is 2.94.